The Morgan fingerprint density at radius 1 is 1.16 bits per heavy atom. The maximum atomic E-state index is 12.7. The number of anilines is 2. The number of rotatable bonds is 3. The van der Waals surface area contributed by atoms with E-state index in [1.807, 2.05) is 4.90 Å². The highest BCUT2D eigenvalue weighted by atomic mass is 16.2. The average molecular weight is 343 g/mol. The zero-order valence-corrected chi connectivity index (χ0v) is 14.8. The maximum Gasteiger partial charge on any atom is 0.228 e. The average Bonchev–Trinajstić information content (AvgIpc) is 2.96. The number of carbonyl (C=O) groups excluding carboxylic acids is 3. The second kappa shape index (κ2) is 7.25. The van der Waals surface area contributed by atoms with E-state index < -0.39 is 0 Å². The number of nitrogens with zero attached hydrogens (tertiary/aromatic N) is 2. The molecule has 134 valence electrons. The minimum Gasteiger partial charge on any atom is -0.342 e. The number of benzene rings is 1. The van der Waals surface area contributed by atoms with E-state index >= 15 is 0 Å². The van der Waals surface area contributed by atoms with E-state index in [0.717, 1.165) is 25.2 Å². The van der Waals surface area contributed by atoms with Gasteiger partial charge in [-0.1, -0.05) is 6.92 Å². The van der Waals surface area contributed by atoms with Crippen LogP contribution in [-0.2, 0) is 14.4 Å². The summed E-state index contributed by atoms with van der Waals surface area (Å²) in [5.41, 5.74) is 1.46. The predicted molar refractivity (Wildman–Crippen MR) is 96.2 cm³/mol. The molecular formula is C19H25N3O3. The zero-order valence-electron chi connectivity index (χ0n) is 14.8. The molecule has 3 amide bonds. The van der Waals surface area contributed by atoms with E-state index in [1.54, 1.807) is 29.2 Å². The number of piperidine rings is 1. The number of nitrogens with one attached hydrogen (secondary N) is 1. The summed E-state index contributed by atoms with van der Waals surface area (Å²) in [6.07, 6.45) is 2.49. The molecule has 0 radical (unpaired) electrons. The van der Waals surface area contributed by atoms with Crippen LogP contribution in [0.1, 0.15) is 33.1 Å². The summed E-state index contributed by atoms with van der Waals surface area (Å²) in [7, 11) is 0. The minimum absolute atomic E-state index is 0.0179. The van der Waals surface area contributed by atoms with Gasteiger partial charge in [0.15, 0.2) is 0 Å². The molecule has 2 atom stereocenters. The number of hydrogen-bond acceptors (Lipinski definition) is 3. The van der Waals surface area contributed by atoms with Gasteiger partial charge in [0.25, 0.3) is 0 Å². The molecule has 1 N–H and O–H groups in total. The van der Waals surface area contributed by atoms with Crippen molar-refractivity contribution in [2.75, 3.05) is 29.9 Å². The minimum atomic E-state index is -0.257. The Morgan fingerprint density at radius 3 is 2.52 bits per heavy atom. The van der Waals surface area contributed by atoms with Crippen molar-refractivity contribution in [3.63, 3.8) is 0 Å². The van der Waals surface area contributed by atoms with Crippen molar-refractivity contribution in [1.82, 2.24) is 4.90 Å². The first-order valence-corrected chi connectivity index (χ1v) is 8.91. The van der Waals surface area contributed by atoms with Crippen molar-refractivity contribution < 1.29 is 14.4 Å². The van der Waals surface area contributed by atoms with Crippen LogP contribution in [0.2, 0.25) is 0 Å². The van der Waals surface area contributed by atoms with Crippen LogP contribution >= 0.6 is 0 Å². The van der Waals surface area contributed by atoms with Gasteiger partial charge in [0, 0.05) is 44.4 Å². The third-order valence-corrected chi connectivity index (χ3v) is 4.94. The summed E-state index contributed by atoms with van der Waals surface area (Å²) in [6.45, 7) is 5.66. The number of amides is 3. The molecule has 2 saturated heterocycles. The van der Waals surface area contributed by atoms with Crippen LogP contribution < -0.4 is 10.2 Å². The van der Waals surface area contributed by atoms with Gasteiger partial charge >= 0.3 is 0 Å². The van der Waals surface area contributed by atoms with Crippen LogP contribution in [0.25, 0.3) is 0 Å². The van der Waals surface area contributed by atoms with Crippen molar-refractivity contribution in [3.05, 3.63) is 24.3 Å². The molecule has 3 rings (SSSR count). The molecule has 1 aromatic rings. The first-order chi connectivity index (χ1) is 11.9. The third kappa shape index (κ3) is 4.00. The fraction of sp³-hybridized carbons (Fsp3) is 0.526. The van der Waals surface area contributed by atoms with Gasteiger partial charge < -0.3 is 15.1 Å². The highest BCUT2D eigenvalue weighted by molar-refractivity contribution is 6.00. The van der Waals surface area contributed by atoms with Crippen molar-refractivity contribution in [2.45, 2.75) is 33.1 Å². The van der Waals surface area contributed by atoms with Gasteiger partial charge in [-0.15, -0.1) is 0 Å². The molecule has 0 bridgehead atoms. The lowest BCUT2D eigenvalue weighted by molar-refractivity contribution is -0.137. The third-order valence-electron chi connectivity index (χ3n) is 4.94. The van der Waals surface area contributed by atoms with Crippen LogP contribution in [0.3, 0.4) is 0 Å². The van der Waals surface area contributed by atoms with Crippen molar-refractivity contribution >= 4 is 29.1 Å². The van der Waals surface area contributed by atoms with E-state index in [2.05, 4.69) is 12.2 Å². The summed E-state index contributed by atoms with van der Waals surface area (Å²) >= 11 is 0. The molecule has 0 aromatic heterocycles. The molecule has 0 unspecified atom stereocenters. The Morgan fingerprint density at radius 2 is 1.88 bits per heavy atom. The van der Waals surface area contributed by atoms with E-state index in [4.69, 9.17) is 0 Å². The van der Waals surface area contributed by atoms with E-state index in [1.165, 1.54) is 13.3 Å². The molecule has 0 saturated carbocycles. The second-order valence-corrected chi connectivity index (χ2v) is 7.17. The molecule has 2 fully saturated rings. The molecule has 0 aliphatic carbocycles. The number of likely N-dealkylation sites (tertiary alicyclic amines) is 1. The van der Waals surface area contributed by atoms with Gasteiger partial charge in [-0.05, 0) is 43.0 Å². The highest BCUT2D eigenvalue weighted by Gasteiger charge is 2.37. The van der Waals surface area contributed by atoms with Crippen molar-refractivity contribution in [3.8, 4) is 0 Å². The van der Waals surface area contributed by atoms with E-state index in [0.29, 0.717) is 18.2 Å². The summed E-state index contributed by atoms with van der Waals surface area (Å²) in [6, 6.07) is 7.15. The van der Waals surface area contributed by atoms with E-state index in [-0.39, 0.29) is 30.1 Å². The summed E-state index contributed by atoms with van der Waals surface area (Å²) in [4.78, 5) is 39.8. The second-order valence-electron chi connectivity index (χ2n) is 7.17. The fourth-order valence-electron chi connectivity index (χ4n) is 3.70. The van der Waals surface area contributed by atoms with Gasteiger partial charge in [0.2, 0.25) is 17.7 Å². The predicted octanol–water partition coefficient (Wildman–Crippen LogP) is 2.26. The van der Waals surface area contributed by atoms with E-state index in [9.17, 15) is 14.4 Å². The first kappa shape index (κ1) is 17.5. The van der Waals surface area contributed by atoms with Crippen LogP contribution in [0.15, 0.2) is 24.3 Å². The Hall–Kier alpha value is -2.37. The van der Waals surface area contributed by atoms with Gasteiger partial charge in [-0.2, -0.15) is 0 Å². The highest BCUT2D eigenvalue weighted by Crippen LogP contribution is 2.28. The molecule has 2 aliphatic rings. The maximum absolute atomic E-state index is 12.7. The molecule has 0 spiro atoms. The smallest absolute Gasteiger partial charge is 0.228 e. The van der Waals surface area contributed by atoms with Crippen LogP contribution in [0.4, 0.5) is 11.4 Å². The molecule has 6 nitrogen and oxygen atoms in total. The molecule has 2 aliphatic heterocycles. The Labute approximate surface area is 148 Å². The Kier molecular flexibility index (Phi) is 5.06. The zero-order chi connectivity index (χ0) is 18.0. The number of carbonyl (C=O) groups is 3. The molecule has 6 heteroatoms. The molecule has 2 heterocycles. The monoisotopic (exact) mass is 343 g/mol. The Bertz CT molecular complexity index is 671. The lowest BCUT2D eigenvalue weighted by Crippen LogP contribution is -2.43. The molecular weight excluding hydrogens is 318 g/mol. The standard InChI is InChI=1S/C19H25N3O3/c1-13-4-3-9-21(11-13)19(25)15-10-18(24)22(12-15)17-7-5-16(6-8-17)20-14(2)23/h5-8,13,15H,3-4,9-12H2,1-2H3,(H,20,23)/t13-,15+/m0/s1. The van der Waals surface area contributed by atoms with Crippen LogP contribution in [0.5, 0.6) is 0 Å². The number of hydrogen-bond donors (Lipinski definition) is 1. The molecule has 25 heavy (non-hydrogen) atoms. The van der Waals surface area contributed by atoms with Crippen molar-refractivity contribution in [2.24, 2.45) is 11.8 Å². The topological polar surface area (TPSA) is 69.7 Å². The van der Waals surface area contributed by atoms with Gasteiger partial charge in [0.05, 0.1) is 5.92 Å². The van der Waals surface area contributed by atoms with Crippen molar-refractivity contribution in [1.29, 1.82) is 0 Å². The quantitative estimate of drug-likeness (QED) is 0.915. The van der Waals surface area contributed by atoms with Gasteiger partial charge in [-0.25, -0.2) is 0 Å². The lowest BCUT2D eigenvalue weighted by Gasteiger charge is -2.32. The van der Waals surface area contributed by atoms with Crippen LogP contribution in [0, 0.1) is 11.8 Å². The van der Waals surface area contributed by atoms with Gasteiger partial charge in [0.1, 0.15) is 0 Å². The normalized spacial score (nSPS) is 23.7. The molecule has 1 aromatic carbocycles. The first-order valence-electron chi connectivity index (χ1n) is 8.91. The van der Waals surface area contributed by atoms with Gasteiger partial charge in [-0.3, -0.25) is 14.4 Å². The largest absolute Gasteiger partial charge is 0.342 e. The SMILES string of the molecule is CC(=O)Nc1ccc(N2C[C@H](C(=O)N3CCC[C@H](C)C3)CC2=O)cc1. The summed E-state index contributed by atoms with van der Waals surface area (Å²) < 4.78 is 0. The fourth-order valence-corrected chi connectivity index (χ4v) is 3.70. The Balaban J connectivity index is 1.65. The lowest BCUT2D eigenvalue weighted by atomic mass is 9.98. The van der Waals surface area contributed by atoms with Crippen LogP contribution in [-0.4, -0.2) is 42.3 Å². The summed E-state index contributed by atoms with van der Waals surface area (Å²) in [5.74, 6) is 0.236. The summed E-state index contributed by atoms with van der Waals surface area (Å²) in [5, 5.41) is 2.70.